The molecule has 4 heteroatoms. The number of rotatable bonds is 0. The Labute approximate surface area is 112 Å². The molecule has 0 N–H and O–H groups in total. The first-order valence-corrected chi connectivity index (χ1v) is 6.91. The molecule has 102 valence electrons. The van der Waals surface area contributed by atoms with Crippen LogP contribution in [0.25, 0.3) is 0 Å². The average molecular weight is 262 g/mol. The molecule has 0 aromatic heterocycles. The molecule has 3 saturated heterocycles. The minimum Gasteiger partial charge on any atom is -0.455 e. The first-order valence-electron chi connectivity index (χ1n) is 6.91. The highest BCUT2D eigenvalue weighted by molar-refractivity contribution is 5.91. The molecule has 0 radical (unpaired) electrons. The summed E-state index contributed by atoms with van der Waals surface area (Å²) in [4.78, 5) is 11.8. The van der Waals surface area contributed by atoms with Crippen LogP contribution in [0.4, 0.5) is 0 Å². The number of carbonyl (C=O) groups excluding carboxylic acids is 1. The third-order valence-electron chi connectivity index (χ3n) is 4.94. The summed E-state index contributed by atoms with van der Waals surface area (Å²) in [5.74, 6) is -0.339. The number of esters is 1. The lowest BCUT2D eigenvalue weighted by Crippen LogP contribution is -2.32. The van der Waals surface area contributed by atoms with Gasteiger partial charge in [-0.1, -0.05) is 12.7 Å². The summed E-state index contributed by atoms with van der Waals surface area (Å²) in [6.45, 7) is 8.08. The summed E-state index contributed by atoms with van der Waals surface area (Å²) in [6.07, 6.45) is 4.11. The van der Waals surface area contributed by atoms with Crippen molar-refractivity contribution < 1.29 is 19.0 Å². The van der Waals surface area contributed by atoms with Crippen molar-refractivity contribution in [3.63, 3.8) is 0 Å². The van der Waals surface area contributed by atoms with Gasteiger partial charge in [0.15, 0.2) is 0 Å². The van der Waals surface area contributed by atoms with Crippen LogP contribution in [0.1, 0.15) is 26.7 Å². The molecule has 2 unspecified atom stereocenters. The maximum atomic E-state index is 11.8. The Morgan fingerprint density at radius 2 is 2.21 bits per heavy atom. The summed E-state index contributed by atoms with van der Waals surface area (Å²) >= 11 is 0. The average Bonchev–Trinajstić information content (AvgIpc) is 3.22. The van der Waals surface area contributed by atoms with Crippen LogP contribution in [-0.2, 0) is 19.0 Å². The van der Waals surface area contributed by atoms with E-state index in [9.17, 15) is 4.79 Å². The van der Waals surface area contributed by atoms with E-state index >= 15 is 0 Å². The Hall–Kier alpha value is -1.13. The fourth-order valence-corrected chi connectivity index (χ4v) is 3.58. The minimum atomic E-state index is -0.289. The van der Waals surface area contributed by atoms with Crippen molar-refractivity contribution in [3.8, 4) is 0 Å². The van der Waals surface area contributed by atoms with Crippen molar-refractivity contribution >= 4 is 5.97 Å². The normalized spacial score (nSPS) is 54.2. The topological polar surface area (TPSA) is 51.4 Å². The van der Waals surface area contributed by atoms with Gasteiger partial charge in [0.1, 0.15) is 18.3 Å². The van der Waals surface area contributed by atoms with Crippen molar-refractivity contribution in [2.24, 2.45) is 5.92 Å². The third-order valence-corrected chi connectivity index (χ3v) is 4.94. The van der Waals surface area contributed by atoms with Crippen LogP contribution in [0.2, 0.25) is 0 Å². The van der Waals surface area contributed by atoms with Crippen LogP contribution < -0.4 is 0 Å². The number of ether oxygens (including phenoxy) is 3. The second-order valence-corrected chi connectivity index (χ2v) is 6.28. The molecule has 0 bridgehead atoms. The summed E-state index contributed by atoms with van der Waals surface area (Å²) in [6, 6.07) is 0. The summed E-state index contributed by atoms with van der Waals surface area (Å²) in [7, 11) is 0. The van der Waals surface area contributed by atoms with Crippen molar-refractivity contribution in [1.29, 1.82) is 0 Å². The van der Waals surface area contributed by atoms with Crippen LogP contribution >= 0.6 is 0 Å². The van der Waals surface area contributed by atoms with E-state index in [0.717, 1.165) is 12.8 Å². The number of epoxide rings is 2. The van der Waals surface area contributed by atoms with Crippen LogP contribution in [0, 0.1) is 5.92 Å². The van der Waals surface area contributed by atoms with E-state index in [1.165, 1.54) is 5.57 Å². The van der Waals surface area contributed by atoms with Gasteiger partial charge in [-0.25, -0.2) is 4.79 Å². The van der Waals surface area contributed by atoms with Gasteiger partial charge < -0.3 is 14.2 Å². The van der Waals surface area contributed by atoms with Gasteiger partial charge in [-0.15, -0.1) is 0 Å². The molecule has 0 aromatic rings. The Morgan fingerprint density at radius 1 is 1.42 bits per heavy atom. The molecule has 3 fully saturated rings. The Morgan fingerprint density at radius 3 is 3.00 bits per heavy atom. The maximum absolute atomic E-state index is 11.8. The van der Waals surface area contributed by atoms with Gasteiger partial charge in [0.2, 0.25) is 0 Å². The molecule has 3 heterocycles. The summed E-state index contributed by atoms with van der Waals surface area (Å²) in [5, 5.41) is 0. The molecule has 3 aliphatic heterocycles. The van der Waals surface area contributed by atoms with Crippen molar-refractivity contribution in [1.82, 2.24) is 0 Å². The van der Waals surface area contributed by atoms with Crippen LogP contribution in [-0.4, -0.2) is 36.0 Å². The monoisotopic (exact) mass is 262 g/mol. The van der Waals surface area contributed by atoms with Crippen molar-refractivity contribution in [3.05, 3.63) is 23.8 Å². The first-order chi connectivity index (χ1) is 9.01. The fraction of sp³-hybridized carbons (Fsp3) is 0.667. The predicted octanol–water partition coefficient (Wildman–Crippen LogP) is 1.75. The molecule has 4 aliphatic rings. The SMILES string of the molecule is C=C1C(=O)O[C@H]2C1[C@H]1O[C@H]1/C(C)=C/CC[C@@]1(C)OC21. The zero-order valence-electron chi connectivity index (χ0n) is 11.2. The molecule has 19 heavy (non-hydrogen) atoms. The molecule has 4 rings (SSSR count). The predicted molar refractivity (Wildman–Crippen MR) is 67.4 cm³/mol. The minimum absolute atomic E-state index is 0.00245. The van der Waals surface area contributed by atoms with Gasteiger partial charge in [-0.2, -0.15) is 0 Å². The first kappa shape index (κ1) is 11.7. The van der Waals surface area contributed by atoms with Gasteiger partial charge in [0, 0.05) is 5.57 Å². The lowest BCUT2D eigenvalue weighted by Gasteiger charge is -2.16. The van der Waals surface area contributed by atoms with E-state index < -0.39 is 0 Å². The standard InChI is InChI=1S/C15H18O4/c1-7-5-4-6-15(3)13(19-15)12-9(11-10(7)17-11)8(2)14(16)18-12/h5,9-13H,2,4,6H2,1,3H3/b7-5+/t9?,10-,11+,12-,13?,15+/m0/s1. The molecule has 6 atom stereocenters. The highest BCUT2D eigenvalue weighted by atomic mass is 16.7. The molecular formula is C15H18O4. The number of allylic oxidation sites excluding steroid dienone is 1. The number of hydrogen-bond acceptors (Lipinski definition) is 4. The highest BCUT2D eigenvalue weighted by Crippen LogP contribution is 2.53. The quantitative estimate of drug-likeness (QED) is 0.289. The van der Waals surface area contributed by atoms with Crippen LogP contribution in [0.5, 0.6) is 0 Å². The second-order valence-electron chi connectivity index (χ2n) is 6.28. The largest absolute Gasteiger partial charge is 0.455 e. The van der Waals surface area contributed by atoms with Gasteiger partial charge in [-0.3, -0.25) is 0 Å². The Bertz CT molecular complexity index is 508. The molecule has 0 amide bonds. The second kappa shape index (κ2) is 3.49. The van der Waals surface area contributed by atoms with E-state index in [0.29, 0.717) is 5.57 Å². The zero-order valence-corrected chi connectivity index (χ0v) is 11.2. The Kier molecular flexibility index (Phi) is 2.15. The van der Waals surface area contributed by atoms with Gasteiger partial charge in [0.05, 0.1) is 17.6 Å². The fourth-order valence-electron chi connectivity index (χ4n) is 3.58. The van der Waals surface area contributed by atoms with Gasteiger partial charge >= 0.3 is 5.97 Å². The summed E-state index contributed by atoms with van der Waals surface area (Å²) in [5.41, 5.74) is 1.63. The zero-order chi connectivity index (χ0) is 13.4. The van der Waals surface area contributed by atoms with Crippen LogP contribution in [0.3, 0.4) is 0 Å². The Balaban J connectivity index is 1.71. The lowest BCUT2D eigenvalue weighted by atomic mass is 9.84. The van der Waals surface area contributed by atoms with Gasteiger partial charge in [-0.05, 0) is 32.3 Å². The summed E-state index contributed by atoms with van der Waals surface area (Å²) < 4.78 is 17.1. The van der Waals surface area contributed by atoms with Crippen molar-refractivity contribution in [2.45, 2.75) is 56.7 Å². The van der Waals surface area contributed by atoms with E-state index in [1.807, 2.05) is 0 Å². The number of hydrogen-bond donors (Lipinski definition) is 0. The smallest absolute Gasteiger partial charge is 0.334 e. The van der Waals surface area contributed by atoms with E-state index in [1.54, 1.807) is 0 Å². The third kappa shape index (κ3) is 1.56. The molecule has 0 saturated carbocycles. The van der Waals surface area contributed by atoms with Gasteiger partial charge in [0.25, 0.3) is 0 Å². The number of fused-ring (bicyclic) bond motifs is 5. The van der Waals surface area contributed by atoms with E-state index in [2.05, 4.69) is 26.5 Å². The molecule has 4 nitrogen and oxygen atoms in total. The number of carbonyl (C=O) groups is 1. The molecule has 0 spiro atoms. The van der Waals surface area contributed by atoms with Crippen molar-refractivity contribution in [2.75, 3.05) is 0 Å². The van der Waals surface area contributed by atoms with E-state index in [4.69, 9.17) is 14.2 Å². The molecular weight excluding hydrogens is 244 g/mol. The lowest BCUT2D eigenvalue weighted by molar-refractivity contribution is -0.140. The molecule has 0 aromatic carbocycles. The van der Waals surface area contributed by atoms with E-state index in [-0.39, 0.29) is 41.9 Å². The highest BCUT2D eigenvalue weighted by Gasteiger charge is 2.66. The maximum Gasteiger partial charge on any atom is 0.334 e. The van der Waals surface area contributed by atoms with Crippen LogP contribution in [0.15, 0.2) is 23.8 Å². The molecule has 1 aliphatic carbocycles.